The quantitative estimate of drug-likeness (QED) is 0.740. The molecule has 2 nitrogen and oxygen atoms in total. The molecule has 0 bridgehead atoms. The highest BCUT2D eigenvalue weighted by atomic mass is 19.4. The fourth-order valence-electron chi connectivity index (χ4n) is 1.11. The third kappa shape index (κ3) is 2.66. The van der Waals surface area contributed by atoms with Crippen molar-refractivity contribution in [1.29, 1.82) is 5.26 Å². The summed E-state index contributed by atoms with van der Waals surface area (Å²) in [6, 6.07) is 2.23. The van der Waals surface area contributed by atoms with Gasteiger partial charge in [0.05, 0.1) is 23.7 Å². The van der Waals surface area contributed by atoms with Crippen LogP contribution in [0.1, 0.15) is 23.2 Å². The van der Waals surface area contributed by atoms with Gasteiger partial charge in [-0.25, -0.2) is 8.78 Å². The zero-order valence-electron chi connectivity index (χ0n) is 7.72. The average molecular weight is 236 g/mol. The maximum Gasteiger partial charge on any atom is 0.418 e. The summed E-state index contributed by atoms with van der Waals surface area (Å²) >= 11 is 0. The van der Waals surface area contributed by atoms with Gasteiger partial charge in [0, 0.05) is 11.8 Å². The zero-order valence-corrected chi connectivity index (χ0v) is 7.72. The van der Waals surface area contributed by atoms with Crippen LogP contribution in [0.25, 0.3) is 0 Å². The van der Waals surface area contributed by atoms with E-state index >= 15 is 0 Å². The summed E-state index contributed by atoms with van der Waals surface area (Å²) in [7, 11) is 0. The first-order valence-electron chi connectivity index (χ1n) is 4.07. The number of alkyl halides is 5. The lowest BCUT2D eigenvalue weighted by Gasteiger charge is -2.12. The van der Waals surface area contributed by atoms with Gasteiger partial charge in [0.2, 0.25) is 0 Å². The van der Waals surface area contributed by atoms with E-state index in [1.54, 1.807) is 6.07 Å². The zero-order chi connectivity index (χ0) is 12.3. The summed E-state index contributed by atoms with van der Waals surface area (Å²) in [6.07, 6.45) is -8.10. The number of nitriles is 1. The van der Waals surface area contributed by atoms with E-state index in [2.05, 4.69) is 4.98 Å². The van der Waals surface area contributed by atoms with E-state index < -0.39 is 23.7 Å². The van der Waals surface area contributed by atoms with Crippen LogP contribution in [0.2, 0.25) is 0 Å². The molecule has 0 aliphatic rings. The van der Waals surface area contributed by atoms with Crippen LogP contribution in [0, 0.1) is 11.3 Å². The SMILES string of the molecule is N#CCc1cc(C(F)F)c(C(F)(F)F)cn1. The van der Waals surface area contributed by atoms with E-state index in [0.29, 0.717) is 12.3 Å². The molecule has 0 N–H and O–H groups in total. The van der Waals surface area contributed by atoms with Crippen LogP contribution in [-0.2, 0) is 12.6 Å². The van der Waals surface area contributed by atoms with Crippen LogP contribution in [0.5, 0.6) is 0 Å². The van der Waals surface area contributed by atoms with Gasteiger partial charge >= 0.3 is 6.18 Å². The maximum atomic E-state index is 12.4. The van der Waals surface area contributed by atoms with Gasteiger partial charge in [0.25, 0.3) is 6.43 Å². The lowest BCUT2D eigenvalue weighted by atomic mass is 10.1. The minimum absolute atomic E-state index is 0.106. The summed E-state index contributed by atoms with van der Waals surface area (Å²) in [5, 5.41) is 8.28. The third-order valence-electron chi connectivity index (χ3n) is 1.79. The van der Waals surface area contributed by atoms with Crippen LogP contribution in [0.3, 0.4) is 0 Å². The lowest BCUT2D eigenvalue weighted by Crippen LogP contribution is -2.11. The number of nitrogens with zero attached hydrogens (tertiary/aromatic N) is 2. The van der Waals surface area contributed by atoms with Crippen molar-refractivity contribution >= 4 is 0 Å². The molecule has 0 aliphatic heterocycles. The van der Waals surface area contributed by atoms with E-state index in [1.165, 1.54) is 0 Å². The van der Waals surface area contributed by atoms with Crippen LogP contribution in [0.4, 0.5) is 22.0 Å². The van der Waals surface area contributed by atoms with Crippen LogP contribution < -0.4 is 0 Å². The van der Waals surface area contributed by atoms with E-state index in [1.807, 2.05) is 0 Å². The number of pyridine rings is 1. The van der Waals surface area contributed by atoms with Crippen LogP contribution in [-0.4, -0.2) is 4.98 Å². The highest BCUT2D eigenvalue weighted by Gasteiger charge is 2.36. The van der Waals surface area contributed by atoms with E-state index in [-0.39, 0.29) is 12.1 Å². The Kier molecular flexibility index (Phi) is 3.42. The number of halogens is 5. The molecule has 86 valence electrons. The van der Waals surface area contributed by atoms with Gasteiger partial charge in [-0.1, -0.05) is 0 Å². The minimum atomic E-state index is -4.87. The standard InChI is InChI=1S/C9H5F5N2/c10-8(11)6-3-5(1-2-15)16-4-7(6)9(12,13)14/h3-4,8H,1H2. The molecule has 0 unspecified atom stereocenters. The summed E-state index contributed by atoms with van der Waals surface area (Å²) in [6.45, 7) is 0. The van der Waals surface area contributed by atoms with Crippen molar-refractivity contribution in [3.63, 3.8) is 0 Å². The van der Waals surface area contributed by atoms with Crippen molar-refractivity contribution in [3.8, 4) is 6.07 Å². The molecular weight excluding hydrogens is 231 g/mol. The van der Waals surface area contributed by atoms with Crippen molar-refractivity contribution in [1.82, 2.24) is 4.98 Å². The van der Waals surface area contributed by atoms with Crippen molar-refractivity contribution in [3.05, 3.63) is 29.1 Å². The number of rotatable bonds is 2. The van der Waals surface area contributed by atoms with Crippen molar-refractivity contribution in [2.45, 2.75) is 19.0 Å². The van der Waals surface area contributed by atoms with Gasteiger partial charge in [-0.2, -0.15) is 18.4 Å². The fourth-order valence-corrected chi connectivity index (χ4v) is 1.11. The Balaban J connectivity index is 3.26. The van der Waals surface area contributed by atoms with Gasteiger partial charge in [0.15, 0.2) is 0 Å². The van der Waals surface area contributed by atoms with Crippen LogP contribution in [0.15, 0.2) is 12.3 Å². The molecule has 1 rings (SSSR count). The Morgan fingerprint density at radius 1 is 1.38 bits per heavy atom. The molecule has 16 heavy (non-hydrogen) atoms. The maximum absolute atomic E-state index is 12.4. The number of hydrogen-bond acceptors (Lipinski definition) is 2. The molecule has 0 aromatic carbocycles. The smallest absolute Gasteiger partial charge is 0.260 e. The monoisotopic (exact) mass is 236 g/mol. The molecule has 1 aromatic heterocycles. The Bertz CT molecular complexity index is 419. The molecular formula is C9H5F5N2. The molecule has 0 amide bonds. The fraction of sp³-hybridized carbons (Fsp3) is 0.333. The predicted molar refractivity (Wildman–Crippen MR) is 43.5 cm³/mol. The number of aromatic nitrogens is 1. The Morgan fingerprint density at radius 3 is 2.44 bits per heavy atom. The van der Waals surface area contributed by atoms with E-state index in [4.69, 9.17) is 5.26 Å². The second-order valence-electron chi connectivity index (χ2n) is 2.90. The summed E-state index contributed by atoms with van der Waals surface area (Å²) < 4.78 is 61.6. The third-order valence-corrected chi connectivity index (χ3v) is 1.79. The van der Waals surface area contributed by atoms with Gasteiger partial charge in [-0.15, -0.1) is 0 Å². The Morgan fingerprint density at radius 2 is 2.00 bits per heavy atom. The molecule has 1 heterocycles. The van der Waals surface area contributed by atoms with Gasteiger partial charge in [-0.3, -0.25) is 4.98 Å². The second kappa shape index (κ2) is 4.43. The van der Waals surface area contributed by atoms with Crippen LogP contribution >= 0.6 is 0 Å². The summed E-state index contributed by atoms with van der Waals surface area (Å²) in [5.41, 5.74) is -2.72. The molecule has 1 aromatic rings. The van der Waals surface area contributed by atoms with E-state index in [0.717, 1.165) is 0 Å². The lowest BCUT2D eigenvalue weighted by molar-refractivity contribution is -0.139. The molecule has 0 atom stereocenters. The van der Waals surface area contributed by atoms with E-state index in [9.17, 15) is 22.0 Å². The van der Waals surface area contributed by atoms with Crippen molar-refractivity contribution < 1.29 is 22.0 Å². The normalized spacial score (nSPS) is 11.6. The highest BCUT2D eigenvalue weighted by Crippen LogP contribution is 2.35. The molecule has 0 radical (unpaired) electrons. The van der Waals surface area contributed by atoms with Gasteiger partial charge in [-0.05, 0) is 6.07 Å². The molecule has 0 saturated heterocycles. The molecule has 0 fully saturated rings. The molecule has 0 aliphatic carbocycles. The molecule has 0 saturated carbocycles. The Hall–Kier alpha value is -1.71. The molecule has 0 spiro atoms. The minimum Gasteiger partial charge on any atom is -0.260 e. The number of hydrogen-bond donors (Lipinski definition) is 0. The highest BCUT2D eigenvalue weighted by molar-refractivity contribution is 5.31. The largest absolute Gasteiger partial charge is 0.418 e. The van der Waals surface area contributed by atoms with Crippen molar-refractivity contribution in [2.75, 3.05) is 0 Å². The summed E-state index contributed by atoms with van der Waals surface area (Å²) in [4.78, 5) is 3.30. The molecule has 7 heteroatoms. The predicted octanol–water partition coefficient (Wildman–Crippen LogP) is 3.10. The topological polar surface area (TPSA) is 36.7 Å². The second-order valence-corrected chi connectivity index (χ2v) is 2.90. The Labute approximate surface area is 87.3 Å². The van der Waals surface area contributed by atoms with Gasteiger partial charge in [0.1, 0.15) is 0 Å². The first-order chi connectivity index (χ1) is 7.36. The first kappa shape index (κ1) is 12.4. The van der Waals surface area contributed by atoms with Gasteiger partial charge < -0.3 is 0 Å². The van der Waals surface area contributed by atoms with Crippen molar-refractivity contribution in [2.24, 2.45) is 0 Å². The average Bonchev–Trinajstić information content (AvgIpc) is 2.16. The first-order valence-corrected chi connectivity index (χ1v) is 4.07. The summed E-state index contributed by atoms with van der Waals surface area (Å²) in [5.74, 6) is 0.